The summed E-state index contributed by atoms with van der Waals surface area (Å²) >= 11 is 3.40. The number of benzene rings is 2. The zero-order valence-corrected chi connectivity index (χ0v) is 15.0. The first kappa shape index (κ1) is 16.7. The molecule has 1 aliphatic rings. The van der Waals surface area contributed by atoms with Crippen molar-refractivity contribution in [1.29, 1.82) is 0 Å². The van der Waals surface area contributed by atoms with Gasteiger partial charge in [0.1, 0.15) is 0 Å². The van der Waals surface area contributed by atoms with E-state index in [-0.39, 0.29) is 23.7 Å². The van der Waals surface area contributed by atoms with Crippen molar-refractivity contribution in [2.45, 2.75) is 19.8 Å². The van der Waals surface area contributed by atoms with Gasteiger partial charge in [-0.3, -0.25) is 9.59 Å². The van der Waals surface area contributed by atoms with E-state index in [0.717, 1.165) is 22.3 Å². The number of aryl methyl sites for hydroxylation is 1. The second-order valence-electron chi connectivity index (χ2n) is 5.96. The van der Waals surface area contributed by atoms with E-state index in [1.165, 1.54) is 5.56 Å². The fourth-order valence-corrected chi connectivity index (χ4v) is 3.01. The average molecular weight is 387 g/mol. The Hall–Kier alpha value is -2.14. The van der Waals surface area contributed by atoms with Crippen molar-refractivity contribution in [2.75, 3.05) is 10.6 Å². The minimum atomic E-state index is -0.257. The lowest BCUT2D eigenvalue weighted by molar-refractivity contribution is -0.122. The van der Waals surface area contributed by atoms with Crippen molar-refractivity contribution < 1.29 is 9.59 Å². The molecule has 0 bridgehead atoms. The predicted octanol–water partition coefficient (Wildman–Crippen LogP) is 4.22. The van der Waals surface area contributed by atoms with Crippen LogP contribution in [0.15, 0.2) is 53.0 Å². The van der Waals surface area contributed by atoms with Gasteiger partial charge in [-0.25, -0.2) is 0 Å². The number of amides is 2. The van der Waals surface area contributed by atoms with Crippen LogP contribution in [0.2, 0.25) is 0 Å². The van der Waals surface area contributed by atoms with Crippen LogP contribution in [-0.2, 0) is 16.0 Å². The summed E-state index contributed by atoms with van der Waals surface area (Å²) < 4.78 is 0.830. The van der Waals surface area contributed by atoms with Crippen molar-refractivity contribution >= 4 is 39.1 Å². The Morgan fingerprint density at radius 3 is 2.25 bits per heavy atom. The van der Waals surface area contributed by atoms with E-state index < -0.39 is 0 Å². The van der Waals surface area contributed by atoms with Crippen molar-refractivity contribution in [3.05, 3.63) is 58.6 Å². The summed E-state index contributed by atoms with van der Waals surface area (Å²) in [5.41, 5.74) is 2.72. The van der Waals surface area contributed by atoms with E-state index in [1.807, 2.05) is 48.5 Å². The Bertz CT molecular complexity index is 758. The number of halogens is 1. The van der Waals surface area contributed by atoms with E-state index >= 15 is 0 Å². The van der Waals surface area contributed by atoms with Gasteiger partial charge in [0, 0.05) is 10.2 Å². The molecule has 0 heterocycles. The predicted molar refractivity (Wildman–Crippen MR) is 98.8 cm³/mol. The van der Waals surface area contributed by atoms with Crippen molar-refractivity contribution in [3.8, 4) is 0 Å². The third-order valence-electron chi connectivity index (χ3n) is 4.23. The molecule has 1 saturated carbocycles. The van der Waals surface area contributed by atoms with Gasteiger partial charge in [-0.1, -0.05) is 31.2 Å². The molecule has 0 radical (unpaired) electrons. The highest BCUT2D eigenvalue weighted by atomic mass is 79.9. The van der Waals surface area contributed by atoms with Crippen molar-refractivity contribution in [2.24, 2.45) is 11.8 Å². The maximum Gasteiger partial charge on any atom is 0.228 e. The number of anilines is 2. The lowest BCUT2D eigenvalue weighted by Gasteiger charge is -2.08. The minimum Gasteiger partial charge on any atom is -0.326 e. The van der Waals surface area contributed by atoms with Crippen molar-refractivity contribution in [3.63, 3.8) is 0 Å². The van der Waals surface area contributed by atoms with Gasteiger partial charge in [0.2, 0.25) is 11.8 Å². The molecule has 2 aromatic rings. The Morgan fingerprint density at radius 2 is 1.62 bits per heavy atom. The molecular formula is C19H19BrN2O2. The maximum atomic E-state index is 12.3. The van der Waals surface area contributed by atoms with Crippen LogP contribution in [0.5, 0.6) is 0 Å². The van der Waals surface area contributed by atoms with Crippen LogP contribution in [0, 0.1) is 11.8 Å². The maximum absolute atomic E-state index is 12.3. The van der Waals surface area contributed by atoms with Gasteiger partial charge >= 0.3 is 0 Å². The van der Waals surface area contributed by atoms with Gasteiger partial charge in [0.15, 0.2) is 0 Å². The van der Waals surface area contributed by atoms with E-state index in [9.17, 15) is 9.59 Å². The molecule has 24 heavy (non-hydrogen) atoms. The highest BCUT2D eigenvalue weighted by molar-refractivity contribution is 9.10. The summed E-state index contributed by atoms with van der Waals surface area (Å²) in [6, 6.07) is 15.2. The van der Waals surface area contributed by atoms with E-state index in [1.54, 1.807) is 0 Å². The van der Waals surface area contributed by atoms with Crippen molar-refractivity contribution in [1.82, 2.24) is 0 Å². The first-order valence-corrected chi connectivity index (χ1v) is 8.83. The molecule has 0 saturated heterocycles. The van der Waals surface area contributed by atoms with Gasteiger partial charge in [0.05, 0.1) is 17.5 Å². The first-order chi connectivity index (χ1) is 11.6. The zero-order valence-electron chi connectivity index (χ0n) is 13.4. The largest absolute Gasteiger partial charge is 0.326 e. The molecule has 2 amide bonds. The summed E-state index contributed by atoms with van der Waals surface area (Å²) in [6.07, 6.45) is 1.56. The Kier molecular flexibility index (Phi) is 5.00. The van der Waals surface area contributed by atoms with Crippen LogP contribution in [0.4, 0.5) is 11.4 Å². The lowest BCUT2D eigenvalue weighted by Crippen LogP contribution is -2.20. The summed E-state index contributed by atoms with van der Waals surface area (Å²) in [4.78, 5) is 24.5. The molecular weight excluding hydrogens is 368 g/mol. The van der Waals surface area contributed by atoms with Crippen LogP contribution in [0.1, 0.15) is 18.9 Å². The molecule has 4 nitrogen and oxygen atoms in total. The standard InChI is InChI=1S/C19H19BrN2O2/c1-2-12-7-9-13(10-8-12)21-18(23)14-11-15(14)19(24)22-17-6-4-3-5-16(17)20/h3-10,14-15H,2,11H2,1H3,(H,21,23)(H,22,24). The Labute approximate surface area is 149 Å². The normalized spacial score (nSPS) is 18.8. The topological polar surface area (TPSA) is 58.2 Å². The highest BCUT2D eigenvalue weighted by Crippen LogP contribution is 2.40. The quantitative estimate of drug-likeness (QED) is 0.807. The Morgan fingerprint density at radius 1 is 1.00 bits per heavy atom. The fraction of sp³-hybridized carbons (Fsp3) is 0.263. The van der Waals surface area contributed by atoms with E-state index in [2.05, 4.69) is 33.5 Å². The van der Waals surface area contributed by atoms with Crippen LogP contribution < -0.4 is 10.6 Å². The molecule has 3 rings (SSSR count). The highest BCUT2D eigenvalue weighted by Gasteiger charge is 2.48. The lowest BCUT2D eigenvalue weighted by atomic mass is 10.1. The number of rotatable bonds is 5. The van der Waals surface area contributed by atoms with Gasteiger partial charge < -0.3 is 10.6 Å². The molecule has 0 spiro atoms. The number of hydrogen-bond acceptors (Lipinski definition) is 2. The summed E-state index contributed by atoms with van der Waals surface area (Å²) in [5, 5.41) is 5.76. The summed E-state index contributed by atoms with van der Waals surface area (Å²) in [6.45, 7) is 2.09. The van der Waals surface area contributed by atoms with Gasteiger partial charge in [-0.15, -0.1) is 0 Å². The fourth-order valence-electron chi connectivity index (χ4n) is 2.62. The van der Waals surface area contributed by atoms with Gasteiger partial charge in [0.25, 0.3) is 0 Å². The zero-order chi connectivity index (χ0) is 17.1. The molecule has 2 N–H and O–H groups in total. The average Bonchev–Trinajstić information content (AvgIpc) is 3.38. The molecule has 2 atom stereocenters. The third-order valence-corrected chi connectivity index (χ3v) is 4.92. The molecule has 2 unspecified atom stereocenters. The Balaban J connectivity index is 1.55. The molecule has 1 fully saturated rings. The molecule has 0 aromatic heterocycles. The smallest absolute Gasteiger partial charge is 0.228 e. The van der Waals surface area contributed by atoms with Crippen LogP contribution >= 0.6 is 15.9 Å². The summed E-state index contributed by atoms with van der Waals surface area (Å²) in [5.74, 6) is -0.708. The van der Waals surface area contributed by atoms with E-state index in [0.29, 0.717) is 6.42 Å². The number of para-hydroxylation sites is 1. The second-order valence-corrected chi connectivity index (χ2v) is 6.81. The van der Waals surface area contributed by atoms with Crippen LogP contribution in [0.25, 0.3) is 0 Å². The SMILES string of the molecule is CCc1ccc(NC(=O)C2CC2C(=O)Nc2ccccc2Br)cc1. The molecule has 1 aliphatic carbocycles. The minimum absolute atomic E-state index is 0.0912. The van der Waals surface area contributed by atoms with Gasteiger partial charge in [-0.2, -0.15) is 0 Å². The van der Waals surface area contributed by atoms with Crippen LogP contribution in [-0.4, -0.2) is 11.8 Å². The summed E-state index contributed by atoms with van der Waals surface area (Å²) in [7, 11) is 0. The molecule has 0 aliphatic heterocycles. The molecule has 2 aromatic carbocycles. The third kappa shape index (κ3) is 3.85. The number of carbonyl (C=O) groups excluding carboxylic acids is 2. The number of nitrogens with one attached hydrogen (secondary N) is 2. The number of hydrogen-bond donors (Lipinski definition) is 2. The van der Waals surface area contributed by atoms with Crippen LogP contribution in [0.3, 0.4) is 0 Å². The second kappa shape index (κ2) is 7.18. The first-order valence-electron chi connectivity index (χ1n) is 8.03. The number of carbonyl (C=O) groups is 2. The van der Waals surface area contributed by atoms with Gasteiger partial charge in [-0.05, 0) is 58.6 Å². The van der Waals surface area contributed by atoms with E-state index in [4.69, 9.17) is 0 Å². The molecule has 124 valence electrons. The monoisotopic (exact) mass is 386 g/mol. The molecule has 5 heteroatoms.